The van der Waals surface area contributed by atoms with Gasteiger partial charge in [-0.25, -0.2) is 4.68 Å². The van der Waals surface area contributed by atoms with Crippen molar-refractivity contribution in [3.05, 3.63) is 87.2 Å². The van der Waals surface area contributed by atoms with Gasteiger partial charge in [0.25, 0.3) is 0 Å². The fourth-order valence-corrected chi connectivity index (χ4v) is 4.83. The van der Waals surface area contributed by atoms with E-state index in [-0.39, 0.29) is 11.7 Å². The second-order valence-electron chi connectivity index (χ2n) is 7.85. The molecule has 2 aromatic carbocycles. The van der Waals surface area contributed by atoms with Crippen LogP contribution in [0.1, 0.15) is 47.6 Å². The van der Waals surface area contributed by atoms with Crippen molar-refractivity contribution in [2.24, 2.45) is 0 Å². The van der Waals surface area contributed by atoms with E-state index in [1.165, 1.54) is 5.56 Å². The van der Waals surface area contributed by atoms with Gasteiger partial charge in [-0.1, -0.05) is 41.9 Å². The number of ketones is 1. The summed E-state index contributed by atoms with van der Waals surface area (Å²) < 4.78 is 1.96. The summed E-state index contributed by atoms with van der Waals surface area (Å²) in [6, 6.07) is 16.1. The van der Waals surface area contributed by atoms with Gasteiger partial charge in [-0.2, -0.15) is 5.10 Å². The average molecular weight is 404 g/mol. The number of benzene rings is 2. The van der Waals surface area contributed by atoms with Crippen molar-refractivity contribution in [3.8, 4) is 5.69 Å². The second-order valence-corrected chi connectivity index (χ2v) is 8.25. The number of hydrogen-bond acceptors (Lipinski definition) is 3. The van der Waals surface area contributed by atoms with Crippen LogP contribution in [-0.4, -0.2) is 15.6 Å². The average Bonchev–Trinajstić information content (AvgIpc) is 3.04. The van der Waals surface area contributed by atoms with Gasteiger partial charge in [0.1, 0.15) is 5.82 Å². The zero-order chi connectivity index (χ0) is 20.1. The molecule has 1 aliphatic carbocycles. The van der Waals surface area contributed by atoms with Crippen LogP contribution in [0.15, 0.2) is 59.8 Å². The van der Waals surface area contributed by atoms with E-state index < -0.39 is 0 Å². The number of nitrogens with one attached hydrogen (secondary N) is 1. The molecule has 0 bridgehead atoms. The molecule has 5 rings (SSSR count). The Morgan fingerprint density at radius 3 is 2.72 bits per heavy atom. The van der Waals surface area contributed by atoms with Gasteiger partial charge < -0.3 is 5.32 Å². The number of carbonyl (C=O) groups excluding carboxylic acids is 1. The molecule has 2 heterocycles. The number of fused-ring (bicyclic) bond motifs is 1. The number of nitrogens with zero attached hydrogens (tertiary/aromatic N) is 2. The van der Waals surface area contributed by atoms with E-state index in [4.69, 9.17) is 16.7 Å². The van der Waals surface area contributed by atoms with Crippen molar-refractivity contribution in [1.29, 1.82) is 0 Å². The van der Waals surface area contributed by atoms with Crippen LogP contribution in [0.2, 0.25) is 5.02 Å². The van der Waals surface area contributed by atoms with Crippen molar-refractivity contribution in [1.82, 2.24) is 9.78 Å². The molecule has 1 aliphatic heterocycles. The molecule has 0 radical (unpaired) electrons. The van der Waals surface area contributed by atoms with Crippen molar-refractivity contribution in [2.45, 2.75) is 39.0 Å². The lowest BCUT2D eigenvalue weighted by Gasteiger charge is -2.33. The van der Waals surface area contributed by atoms with Gasteiger partial charge in [-0.15, -0.1) is 0 Å². The van der Waals surface area contributed by atoms with Crippen LogP contribution in [0.25, 0.3) is 5.69 Å². The number of anilines is 1. The number of aryl methyl sites for hydroxylation is 2. The van der Waals surface area contributed by atoms with Crippen LogP contribution < -0.4 is 5.32 Å². The highest BCUT2D eigenvalue weighted by Crippen LogP contribution is 2.48. The van der Waals surface area contributed by atoms with Crippen molar-refractivity contribution < 1.29 is 4.79 Å². The number of rotatable bonds is 2. The Kier molecular flexibility index (Phi) is 4.32. The maximum Gasteiger partial charge on any atom is 0.161 e. The molecule has 0 fully saturated rings. The summed E-state index contributed by atoms with van der Waals surface area (Å²) in [6.07, 6.45) is 2.31. The summed E-state index contributed by atoms with van der Waals surface area (Å²) in [5, 5.41) is 9.12. The summed E-state index contributed by atoms with van der Waals surface area (Å²) in [5.41, 5.74) is 6.95. The molecular weight excluding hydrogens is 382 g/mol. The van der Waals surface area contributed by atoms with Gasteiger partial charge in [0.15, 0.2) is 5.78 Å². The molecule has 29 heavy (non-hydrogen) atoms. The first-order valence-corrected chi connectivity index (χ1v) is 10.4. The third-order valence-corrected chi connectivity index (χ3v) is 6.22. The molecule has 1 N–H and O–H groups in total. The first-order valence-electron chi connectivity index (χ1n) is 9.99. The minimum Gasteiger partial charge on any atom is -0.343 e. The Bertz CT molecular complexity index is 1170. The van der Waals surface area contributed by atoms with E-state index in [9.17, 15) is 4.79 Å². The van der Waals surface area contributed by atoms with Crippen LogP contribution >= 0.6 is 11.6 Å². The monoisotopic (exact) mass is 403 g/mol. The Labute approximate surface area is 175 Å². The summed E-state index contributed by atoms with van der Waals surface area (Å²) in [4.78, 5) is 13.0. The first kappa shape index (κ1) is 18.2. The van der Waals surface area contributed by atoms with Crippen molar-refractivity contribution in [2.75, 3.05) is 5.32 Å². The van der Waals surface area contributed by atoms with E-state index in [0.29, 0.717) is 11.4 Å². The first-order chi connectivity index (χ1) is 14.0. The fraction of sp³-hybridized carbons (Fsp3) is 0.250. The maximum absolute atomic E-state index is 13.0. The van der Waals surface area contributed by atoms with E-state index in [1.54, 1.807) is 0 Å². The molecular formula is C24H22ClN3O. The van der Waals surface area contributed by atoms with E-state index in [2.05, 4.69) is 30.4 Å². The lowest BCUT2D eigenvalue weighted by atomic mass is 9.76. The molecule has 5 heteroatoms. The maximum atomic E-state index is 13.0. The molecule has 0 unspecified atom stereocenters. The molecule has 0 saturated carbocycles. The Hall–Kier alpha value is -2.85. The van der Waals surface area contributed by atoms with E-state index in [1.807, 2.05) is 41.9 Å². The summed E-state index contributed by atoms with van der Waals surface area (Å²) >= 11 is 6.62. The SMILES string of the molecule is Cc1cccc(-n2nc(C)c3c2NC2=C(C(=O)CCC2)[C@H]3c2ccccc2Cl)c1. The molecule has 0 amide bonds. The van der Waals surface area contributed by atoms with Gasteiger partial charge >= 0.3 is 0 Å². The standard InChI is InChI=1S/C24H22ClN3O/c1-14-7-5-8-16(13-14)28-24-21(15(2)27-28)22(17-9-3-4-10-18(17)25)23-19(26-24)11-6-12-20(23)29/h3-5,7-10,13,22,26H,6,11-12H2,1-2H3/t22-/m0/s1. The zero-order valence-electron chi connectivity index (χ0n) is 16.5. The molecule has 146 valence electrons. The minimum atomic E-state index is -0.193. The molecule has 0 saturated heterocycles. The third-order valence-electron chi connectivity index (χ3n) is 5.87. The molecule has 1 aromatic heterocycles. The van der Waals surface area contributed by atoms with E-state index in [0.717, 1.165) is 52.4 Å². The van der Waals surface area contributed by atoms with Crippen LogP contribution in [0.3, 0.4) is 0 Å². The predicted octanol–water partition coefficient (Wildman–Crippen LogP) is 5.71. The van der Waals surface area contributed by atoms with Crippen LogP contribution in [-0.2, 0) is 4.79 Å². The largest absolute Gasteiger partial charge is 0.343 e. The van der Waals surface area contributed by atoms with E-state index >= 15 is 0 Å². The normalized spacial score (nSPS) is 18.3. The molecule has 3 aromatic rings. The quantitative estimate of drug-likeness (QED) is 0.596. The minimum absolute atomic E-state index is 0.193. The Morgan fingerprint density at radius 2 is 1.93 bits per heavy atom. The zero-order valence-corrected chi connectivity index (χ0v) is 17.3. The lowest BCUT2D eigenvalue weighted by molar-refractivity contribution is -0.116. The predicted molar refractivity (Wildman–Crippen MR) is 116 cm³/mol. The summed E-state index contributed by atoms with van der Waals surface area (Å²) in [5.74, 6) is 0.949. The third kappa shape index (κ3) is 2.90. The summed E-state index contributed by atoms with van der Waals surface area (Å²) in [6.45, 7) is 4.09. The Morgan fingerprint density at radius 1 is 1.10 bits per heavy atom. The van der Waals surface area contributed by atoms with Crippen LogP contribution in [0.5, 0.6) is 0 Å². The van der Waals surface area contributed by atoms with Crippen molar-refractivity contribution >= 4 is 23.2 Å². The highest BCUT2D eigenvalue weighted by atomic mass is 35.5. The van der Waals surface area contributed by atoms with Crippen LogP contribution in [0.4, 0.5) is 5.82 Å². The summed E-state index contributed by atoms with van der Waals surface area (Å²) in [7, 11) is 0. The van der Waals surface area contributed by atoms with Gasteiger partial charge in [0.05, 0.1) is 11.4 Å². The number of aromatic nitrogens is 2. The fourth-order valence-electron chi connectivity index (χ4n) is 4.59. The molecule has 2 aliphatic rings. The smallest absolute Gasteiger partial charge is 0.161 e. The topological polar surface area (TPSA) is 46.9 Å². The highest BCUT2D eigenvalue weighted by molar-refractivity contribution is 6.31. The van der Waals surface area contributed by atoms with Gasteiger partial charge in [0.2, 0.25) is 0 Å². The number of allylic oxidation sites excluding steroid dienone is 2. The molecule has 0 spiro atoms. The number of halogens is 1. The van der Waals surface area contributed by atoms with Gasteiger partial charge in [-0.05, 0) is 56.0 Å². The van der Waals surface area contributed by atoms with Crippen molar-refractivity contribution in [3.63, 3.8) is 0 Å². The van der Waals surface area contributed by atoms with Gasteiger partial charge in [-0.3, -0.25) is 4.79 Å². The Balaban J connectivity index is 1.78. The lowest BCUT2D eigenvalue weighted by Crippen LogP contribution is -2.27. The molecule has 4 nitrogen and oxygen atoms in total. The number of Topliss-reactive ketones (excluding diaryl/α,β-unsaturated/α-hetero) is 1. The molecule has 1 atom stereocenters. The number of hydrogen-bond donors (Lipinski definition) is 1. The van der Waals surface area contributed by atoms with Crippen LogP contribution in [0, 0.1) is 13.8 Å². The van der Waals surface area contributed by atoms with Gasteiger partial charge in [0, 0.05) is 34.2 Å². The number of carbonyl (C=O) groups is 1. The second kappa shape index (κ2) is 6.89. The highest BCUT2D eigenvalue weighted by Gasteiger charge is 2.39.